The summed E-state index contributed by atoms with van der Waals surface area (Å²) in [6, 6.07) is 11.1. The van der Waals surface area contributed by atoms with Gasteiger partial charge in [0.25, 0.3) is 5.91 Å². The van der Waals surface area contributed by atoms with Crippen molar-refractivity contribution >= 4 is 23.6 Å². The number of aromatic nitrogens is 2. The number of Topliss-reactive ketones (excluding diaryl/α,β-unsaturated/α-hetero) is 1. The SMILES string of the molecule is CN=Cc1ccc(C(=O)CN2CCN(C(=O)c3cccn4ccnc34)CC2)cc1. The molecule has 1 aromatic carbocycles. The summed E-state index contributed by atoms with van der Waals surface area (Å²) in [5.41, 5.74) is 2.95. The summed E-state index contributed by atoms with van der Waals surface area (Å²) in [5.74, 6) is 0.0767. The van der Waals surface area contributed by atoms with Gasteiger partial charge in [0.1, 0.15) is 5.65 Å². The second kappa shape index (κ2) is 8.36. The molecule has 2 aromatic heterocycles. The van der Waals surface area contributed by atoms with E-state index in [0.717, 1.165) is 5.56 Å². The third-order valence-corrected chi connectivity index (χ3v) is 5.19. The van der Waals surface area contributed by atoms with Crippen molar-refractivity contribution in [2.75, 3.05) is 39.8 Å². The van der Waals surface area contributed by atoms with Crippen molar-refractivity contribution in [3.8, 4) is 0 Å². The lowest BCUT2D eigenvalue weighted by atomic mass is 10.1. The zero-order valence-electron chi connectivity index (χ0n) is 16.4. The summed E-state index contributed by atoms with van der Waals surface area (Å²) in [5, 5.41) is 0. The van der Waals surface area contributed by atoms with Crippen LogP contribution in [0.15, 0.2) is 60.0 Å². The van der Waals surface area contributed by atoms with E-state index in [1.807, 2.05) is 58.1 Å². The molecule has 0 saturated carbocycles. The Labute approximate surface area is 169 Å². The fourth-order valence-electron chi connectivity index (χ4n) is 3.59. The van der Waals surface area contributed by atoms with Crippen LogP contribution in [-0.2, 0) is 0 Å². The molecule has 3 aromatic rings. The maximum atomic E-state index is 12.9. The highest BCUT2D eigenvalue weighted by molar-refractivity contribution is 6.00. The van der Waals surface area contributed by atoms with Gasteiger partial charge in [-0.1, -0.05) is 24.3 Å². The maximum Gasteiger partial charge on any atom is 0.257 e. The van der Waals surface area contributed by atoms with Gasteiger partial charge in [-0.15, -0.1) is 0 Å². The van der Waals surface area contributed by atoms with Crippen molar-refractivity contribution < 1.29 is 9.59 Å². The molecule has 7 heteroatoms. The lowest BCUT2D eigenvalue weighted by molar-refractivity contribution is 0.0625. The van der Waals surface area contributed by atoms with E-state index >= 15 is 0 Å². The fraction of sp³-hybridized carbons (Fsp3) is 0.273. The van der Waals surface area contributed by atoms with Crippen molar-refractivity contribution in [2.45, 2.75) is 0 Å². The molecule has 1 aliphatic heterocycles. The maximum absolute atomic E-state index is 12.9. The average Bonchev–Trinajstić information content (AvgIpc) is 3.23. The summed E-state index contributed by atoms with van der Waals surface area (Å²) in [6.07, 6.45) is 7.16. The van der Waals surface area contributed by atoms with E-state index in [1.165, 1.54) is 0 Å². The minimum absolute atomic E-state index is 0.0130. The van der Waals surface area contributed by atoms with Gasteiger partial charge in [0.2, 0.25) is 0 Å². The molecule has 0 unspecified atom stereocenters. The Balaban J connectivity index is 1.35. The zero-order chi connectivity index (χ0) is 20.2. The fourth-order valence-corrected chi connectivity index (χ4v) is 3.59. The third kappa shape index (κ3) is 4.09. The summed E-state index contributed by atoms with van der Waals surface area (Å²) < 4.78 is 1.85. The van der Waals surface area contributed by atoms with Gasteiger partial charge in [0, 0.05) is 63.6 Å². The van der Waals surface area contributed by atoms with E-state index in [-0.39, 0.29) is 11.7 Å². The molecule has 1 amide bonds. The van der Waals surface area contributed by atoms with Crippen LogP contribution in [0.5, 0.6) is 0 Å². The van der Waals surface area contributed by atoms with Gasteiger partial charge in [-0.3, -0.25) is 19.5 Å². The Bertz CT molecular complexity index is 1050. The smallest absolute Gasteiger partial charge is 0.257 e. The van der Waals surface area contributed by atoms with Crippen LogP contribution in [0.2, 0.25) is 0 Å². The van der Waals surface area contributed by atoms with Gasteiger partial charge in [0.05, 0.1) is 12.1 Å². The molecule has 1 aliphatic rings. The highest BCUT2D eigenvalue weighted by Gasteiger charge is 2.25. The molecule has 148 valence electrons. The Morgan fingerprint density at radius 3 is 2.55 bits per heavy atom. The van der Waals surface area contributed by atoms with E-state index in [1.54, 1.807) is 19.5 Å². The van der Waals surface area contributed by atoms with Crippen LogP contribution in [0, 0.1) is 0 Å². The number of fused-ring (bicyclic) bond motifs is 1. The molecule has 3 heterocycles. The number of carbonyl (C=O) groups excluding carboxylic acids is 2. The lowest BCUT2D eigenvalue weighted by Gasteiger charge is -2.34. The van der Waals surface area contributed by atoms with Crippen molar-refractivity contribution in [1.82, 2.24) is 19.2 Å². The second-order valence-corrected chi connectivity index (χ2v) is 7.08. The number of rotatable bonds is 5. The number of ketones is 1. The summed E-state index contributed by atoms with van der Waals surface area (Å²) in [7, 11) is 1.72. The van der Waals surface area contributed by atoms with Gasteiger partial charge < -0.3 is 9.30 Å². The summed E-state index contributed by atoms with van der Waals surface area (Å²) >= 11 is 0. The Kier molecular flexibility index (Phi) is 5.48. The van der Waals surface area contributed by atoms with E-state index in [2.05, 4.69) is 14.9 Å². The van der Waals surface area contributed by atoms with Crippen LogP contribution in [0.25, 0.3) is 5.65 Å². The first kappa shape index (κ1) is 19.0. The molecular weight excluding hydrogens is 366 g/mol. The Morgan fingerprint density at radius 2 is 1.83 bits per heavy atom. The Hall–Kier alpha value is -3.32. The van der Waals surface area contributed by atoms with Crippen molar-refractivity contribution in [3.05, 3.63) is 71.7 Å². The molecular formula is C22H23N5O2. The quantitative estimate of drug-likeness (QED) is 0.495. The number of aliphatic imine (C=N–C) groups is 1. The van der Waals surface area contributed by atoms with Crippen molar-refractivity contribution in [1.29, 1.82) is 0 Å². The summed E-state index contributed by atoms with van der Waals surface area (Å²) in [6.45, 7) is 2.91. The van der Waals surface area contributed by atoms with Gasteiger partial charge in [-0.25, -0.2) is 4.98 Å². The normalized spacial score (nSPS) is 15.3. The van der Waals surface area contributed by atoms with E-state index in [9.17, 15) is 9.59 Å². The lowest BCUT2D eigenvalue weighted by Crippen LogP contribution is -2.50. The van der Waals surface area contributed by atoms with Gasteiger partial charge in [-0.05, 0) is 17.7 Å². The molecule has 29 heavy (non-hydrogen) atoms. The number of piperazine rings is 1. The third-order valence-electron chi connectivity index (χ3n) is 5.19. The Morgan fingerprint density at radius 1 is 1.07 bits per heavy atom. The first-order valence-corrected chi connectivity index (χ1v) is 9.64. The number of hydrogen-bond donors (Lipinski definition) is 0. The molecule has 0 aliphatic carbocycles. The first-order chi connectivity index (χ1) is 14.2. The van der Waals surface area contributed by atoms with Gasteiger partial charge >= 0.3 is 0 Å². The number of pyridine rings is 1. The zero-order valence-corrected chi connectivity index (χ0v) is 16.4. The topological polar surface area (TPSA) is 70.3 Å². The second-order valence-electron chi connectivity index (χ2n) is 7.08. The van der Waals surface area contributed by atoms with Crippen LogP contribution >= 0.6 is 0 Å². The predicted molar refractivity (Wildman–Crippen MR) is 112 cm³/mol. The van der Waals surface area contributed by atoms with Crippen molar-refractivity contribution in [3.63, 3.8) is 0 Å². The van der Waals surface area contributed by atoms with Crippen LogP contribution in [0.1, 0.15) is 26.3 Å². The molecule has 0 atom stereocenters. The van der Waals surface area contributed by atoms with E-state index < -0.39 is 0 Å². The first-order valence-electron chi connectivity index (χ1n) is 9.64. The van der Waals surface area contributed by atoms with Crippen LogP contribution in [0.4, 0.5) is 0 Å². The molecule has 0 N–H and O–H groups in total. The minimum atomic E-state index is -0.0130. The highest BCUT2D eigenvalue weighted by atomic mass is 16.2. The monoisotopic (exact) mass is 389 g/mol. The predicted octanol–water partition coefficient (Wildman–Crippen LogP) is 2.02. The van der Waals surface area contributed by atoms with Gasteiger partial charge in [0.15, 0.2) is 5.78 Å². The van der Waals surface area contributed by atoms with Crippen molar-refractivity contribution in [2.24, 2.45) is 4.99 Å². The molecule has 7 nitrogen and oxygen atoms in total. The van der Waals surface area contributed by atoms with Crippen LogP contribution in [0.3, 0.4) is 0 Å². The average molecular weight is 389 g/mol. The standard InChI is InChI=1S/C22H23N5O2/c1-23-15-17-4-6-18(7-5-17)20(28)16-25-11-13-27(14-12-25)22(29)19-3-2-9-26-10-8-24-21(19)26/h2-10,15H,11-14,16H2,1H3. The summed E-state index contributed by atoms with van der Waals surface area (Å²) in [4.78, 5) is 37.7. The highest BCUT2D eigenvalue weighted by Crippen LogP contribution is 2.14. The molecule has 0 bridgehead atoms. The molecule has 1 saturated heterocycles. The van der Waals surface area contributed by atoms with E-state index in [4.69, 9.17) is 0 Å². The molecule has 0 radical (unpaired) electrons. The number of carbonyl (C=O) groups is 2. The number of benzene rings is 1. The largest absolute Gasteiger partial charge is 0.336 e. The van der Waals surface area contributed by atoms with Crippen LogP contribution < -0.4 is 0 Å². The van der Waals surface area contributed by atoms with Crippen LogP contribution in [-0.4, -0.2) is 76.9 Å². The molecule has 0 spiro atoms. The number of imidazole rings is 1. The van der Waals surface area contributed by atoms with E-state index in [0.29, 0.717) is 49.5 Å². The number of amides is 1. The minimum Gasteiger partial charge on any atom is -0.336 e. The molecule has 4 rings (SSSR count). The number of hydrogen-bond acceptors (Lipinski definition) is 5. The molecule has 1 fully saturated rings. The number of nitrogens with zero attached hydrogens (tertiary/aromatic N) is 5. The van der Waals surface area contributed by atoms with Gasteiger partial charge in [-0.2, -0.15) is 0 Å².